The van der Waals surface area contributed by atoms with Crippen molar-refractivity contribution in [3.05, 3.63) is 61.7 Å². The molecule has 1 heterocycles. The summed E-state index contributed by atoms with van der Waals surface area (Å²) < 4.78 is 5.51. The van der Waals surface area contributed by atoms with Crippen molar-refractivity contribution in [1.82, 2.24) is 10.6 Å². The maximum absolute atomic E-state index is 13.1. The summed E-state index contributed by atoms with van der Waals surface area (Å²) in [7, 11) is 0. The minimum absolute atomic E-state index is 0.0304. The molecule has 34 heavy (non-hydrogen) atoms. The first kappa shape index (κ1) is 25.6. The second-order valence-electron chi connectivity index (χ2n) is 8.78. The number of hydrogen-bond acceptors (Lipinski definition) is 5. The standard InChI is InChI=1S/C25H32ClN3O5/c1-5-29(19-8-6-18(7-9-19)28-25(32)33)22-12-17(26)11-20(15(22)3)24(31)27-13-21-16(4)34-14(2)10-23(21)30/h10-12,18-19,28H,5-9,13H2,1-4H3,(H,27,31)(H,32,33). The maximum atomic E-state index is 13.1. The zero-order chi connectivity index (χ0) is 25.0. The van der Waals surface area contributed by atoms with Crippen molar-refractivity contribution in [2.45, 2.75) is 72.0 Å². The van der Waals surface area contributed by atoms with E-state index in [1.807, 2.05) is 13.0 Å². The normalized spacial score (nSPS) is 17.8. The molecule has 3 rings (SSSR count). The first-order valence-electron chi connectivity index (χ1n) is 11.5. The van der Waals surface area contributed by atoms with Crippen LogP contribution in [0.25, 0.3) is 0 Å². The quantitative estimate of drug-likeness (QED) is 0.526. The monoisotopic (exact) mass is 489 g/mol. The third-order valence-corrected chi connectivity index (χ3v) is 6.72. The predicted molar refractivity (Wildman–Crippen MR) is 132 cm³/mol. The SMILES string of the molecule is CCN(c1cc(Cl)cc(C(=O)NCc2c(C)oc(C)cc2=O)c1C)C1CCC(NC(=O)O)CC1. The molecule has 1 fully saturated rings. The molecule has 8 nitrogen and oxygen atoms in total. The van der Waals surface area contributed by atoms with Gasteiger partial charge in [-0.15, -0.1) is 0 Å². The molecule has 0 aliphatic heterocycles. The van der Waals surface area contributed by atoms with Crippen molar-refractivity contribution in [2.24, 2.45) is 0 Å². The van der Waals surface area contributed by atoms with E-state index in [1.54, 1.807) is 19.9 Å². The molecular formula is C25H32ClN3O5. The molecule has 1 aromatic heterocycles. The Balaban J connectivity index is 1.79. The van der Waals surface area contributed by atoms with Crippen LogP contribution in [0.4, 0.5) is 10.5 Å². The van der Waals surface area contributed by atoms with Crippen molar-refractivity contribution in [3.8, 4) is 0 Å². The molecule has 1 aliphatic carbocycles. The highest BCUT2D eigenvalue weighted by atomic mass is 35.5. The number of nitrogens with zero attached hydrogens (tertiary/aromatic N) is 1. The van der Waals surface area contributed by atoms with Gasteiger partial charge < -0.3 is 25.1 Å². The Morgan fingerprint density at radius 2 is 1.82 bits per heavy atom. The van der Waals surface area contributed by atoms with Crippen LogP contribution in [0.3, 0.4) is 0 Å². The number of rotatable bonds is 7. The summed E-state index contributed by atoms with van der Waals surface area (Å²) in [5, 5.41) is 14.8. The van der Waals surface area contributed by atoms with Gasteiger partial charge in [0.2, 0.25) is 0 Å². The van der Waals surface area contributed by atoms with Crippen molar-refractivity contribution < 1.29 is 19.1 Å². The van der Waals surface area contributed by atoms with E-state index in [2.05, 4.69) is 22.5 Å². The fraction of sp³-hybridized carbons (Fsp3) is 0.480. The third-order valence-electron chi connectivity index (χ3n) is 6.50. The Bertz CT molecular complexity index is 1120. The van der Waals surface area contributed by atoms with Crippen LogP contribution in [-0.4, -0.2) is 35.7 Å². The van der Waals surface area contributed by atoms with Crippen molar-refractivity contribution >= 4 is 29.3 Å². The summed E-state index contributed by atoms with van der Waals surface area (Å²) in [5.74, 6) is 0.699. The van der Waals surface area contributed by atoms with Gasteiger partial charge in [0.15, 0.2) is 5.43 Å². The van der Waals surface area contributed by atoms with E-state index >= 15 is 0 Å². The molecule has 0 bridgehead atoms. The zero-order valence-corrected chi connectivity index (χ0v) is 20.8. The first-order chi connectivity index (χ1) is 16.1. The average Bonchev–Trinajstić information content (AvgIpc) is 2.76. The first-order valence-corrected chi connectivity index (χ1v) is 11.9. The average molecular weight is 490 g/mol. The van der Waals surface area contributed by atoms with Crippen LogP contribution in [-0.2, 0) is 6.54 Å². The highest BCUT2D eigenvalue weighted by Gasteiger charge is 2.28. The summed E-state index contributed by atoms with van der Waals surface area (Å²) >= 11 is 6.42. The smallest absolute Gasteiger partial charge is 0.404 e. The summed E-state index contributed by atoms with van der Waals surface area (Å²) in [5.41, 5.74) is 2.40. The Morgan fingerprint density at radius 3 is 2.41 bits per heavy atom. The number of carbonyl (C=O) groups is 2. The molecular weight excluding hydrogens is 458 g/mol. The number of anilines is 1. The molecule has 1 aromatic carbocycles. The fourth-order valence-corrected chi connectivity index (χ4v) is 5.00. The van der Waals surface area contributed by atoms with Gasteiger partial charge >= 0.3 is 6.09 Å². The van der Waals surface area contributed by atoms with Gasteiger partial charge in [-0.2, -0.15) is 0 Å². The van der Waals surface area contributed by atoms with Gasteiger partial charge in [-0.25, -0.2) is 4.79 Å². The van der Waals surface area contributed by atoms with Gasteiger partial charge in [0.1, 0.15) is 11.5 Å². The Labute approximate surface area is 204 Å². The van der Waals surface area contributed by atoms with Crippen LogP contribution in [0.15, 0.2) is 27.4 Å². The number of carbonyl (C=O) groups excluding carboxylic acids is 1. The van der Waals surface area contributed by atoms with Crippen LogP contribution >= 0.6 is 11.6 Å². The number of benzene rings is 1. The molecule has 9 heteroatoms. The Kier molecular flexibility index (Phi) is 8.25. The molecule has 0 atom stereocenters. The van der Waals surface area contributed by atoms with E-state index in [4.69, 9.17) is 21.1 Å². The van der Waals surface area contributed by atoms with Gasteiger partial charge in [0.25, 0.3) is 5.91 Å². The van der Waals surface area contributed by atoms with Gasteiger partial charge in [0, 0.05) is 41.0 Å². The number of aryl methyl sites for hydroxylation is 2. The van der Waals surface area contributed by atoms with E-state index in [1.165, 1.54) is 6.07 Å². The van der Waals surface area contributed by atoms with Crippen molar-refractivity contribution in [2.75, 3.05) is 11.4 Å². The summed E-state index contributed by atoms with van der Waals surface area (Å²) in [6, 6.07) is 5.12. The van der Waals surface area contributed by atoms with Crippen molar-refractivity contribution in [3.63, 3.8) is 0 Å². The molecule has 1 aliphatic rings. The topological polar surface area (TPSA) is 112 Å². The van der Waals surface area contributed by atoms with E-state index in [0.29, 0.717) is 27.7 Å². The van der Waals surface area contributed by atoms with Crippen LogP contribution in [0.2, 0.25) is 5.02 Å². The highest BCUT2D eigenvalue weighted by Crippen LogP contribution is 2.33. The Morgan fingerprint density at radius 1 is 1.15 bits per heavy atom. The molecule has 0 saturated heterocycles. The number of hydrogen-bond donors (Lipinski definition) is 3. The lowest BCUT2D eigenvalue weighted by molar-refractivity contribution is 0.0950. The fourth-order valence-electron chi connectivity index (χ4n) is 4.78. The minimum atomic E-state index is -0.990. The molecule has 0 radical (unpaired) electrons. The molecule has 2 amide bonds. The number of nitrogens with one attached hydrogen (secondary N) is 2. The lowest BCUT2D eigenvalue weighted by Crippen LogP contribution is -2.44. The molecule has 2 aromatic rings. The van der Waals surface area contributed by atoms with Gasteiger partial charge in [-0.1, -0.05) is 11.6 Å². The van der Waals surface area contributed by atoms with Crippen LogP contribution in [0.1, 0.15) is 65.6 Å². The lowest BCUT2D eigenvalue weighted by Gasteiger charge is -2.39. The van der Waals surface area contributed by atoms with E-state index in [-0.39, 0.29) is 30.0 Å². The van der Waals surface area contributed by atoms with Gasteiger partial charge in [0.05, 0.1) is 12.1 Å². The molecule has 0 unspecified atom stereocenters. The van der Waals surface area contributed by atoms with Crippen molar-refractivity contribution in [1.29, 1.82) is 0 Å². The number of carboxylic acid groups (broad SMARTS) is 1. The van der Waals surface area contributed by atoms with Crippen LogP contribution in [0, 0.1) is 20.8 Å². The lowest BCUT2D eigenvalue weighted by atomic mass is 9.89. The maximum Gasteiger partial charge on any atom is 0.404 e. The highest BCUT2D eigenvalue weighted by molar-refractivity contribution is 6.31. The van der Waals surface area contributed by atoms with E-state index in [0.717, 1.165) is 43.5 Å². The minimum Gasteiger partial charge on any atom is -0.466 e. The van der Waals surface area contributed by atoms with Crippen LogP contribution in [0.5, 0.6) is 0 Å². The summed E-state index contributed by atoms with van der Waals surface area (Å²) in [6.07, 6.45) is 2.22. The number of amides is 2. The number of halogens is 1. The Hall–Kier alpha value is -3.00. The molecule has 0 spiro atoms. The molecule has 3 N–H and O–H groups in total. The van der Waals surface area contributed by atoms with Gasteiger partial charge in [-0.05, 0) is 71.1 Å². The van der Waals surface area contributed by atoms with Crippen LogP contribution < -0.4 is 21.0 Å². The molecule has 184 valence electrons. The third kappa shape index (κ3) is 5.91. The second kappa shape index (κ2) is 11.0. The van der Waals surface area contributed by atoms with Gasteiger partial charge in [-0.3, -0.25) is 9.59 Å². The van der Waals surface area contributed by atoms with E-state index in [9.17, 15) is 14.4 Å². The van der Waals surface area contributed by atoms with E-state index < -0.39 is 6.09 Å². The summed E-state index contributed by atoms with van der Waals surface area (Å²) in [6.45, 7) is 8.16. The zero-order valence-electron chi connectivity index (χ0n) is 20.0. The predicted octanol–water partition coefficient (Wildman–Crippen LogP) is 4.55. The molecule has 1 saturated carbocycles. The second-order valence-corrected chi connectivity index (χ2v) is 9.21. The largest absolute Gasteiger partial charge is 0.466 e. The summed E-state index contributed by atoms with van der Waals surface area (Å²) in [4.78, 5) is 38.6.